The van der Waals surface area contributed by atoms with Crippen LogP contribution in [0.5, 0.6) is 11.5 Å². The van der Waals surface area contributed by atoms with Crippen LogP contribution in [-0.2, 0) is 11.4 Å². The zero-order valence-corrected chi connectivity index (χ0v) is 15.0. The maximum absolute atomic E-state index is 13.4. The first-order chi connectivity index (χ1) is 13.7. The van der Waals surface area contributed by atoms with Crippen molar-refractivity contribution in [1.82, 2.24) is 5.43 Å². The van der Waals surface area contributed by atoms with Crippen LogP contribution in [-0.4, -0.2) is 18.7 Å². The summed E-state index contributed by atoms with van der Waals surface area (Å²) >= 11 is 0. The maximum Gasteiger partial charge on any atom is 0.277 e. The van der Waals surface area contributed by atoms with E-state index in [4.69, 9.17) is 9.47 Å². The molecule has 142 valence electrons. The first kappa shape index (κ1) is 19.1. The third-order valence-electron chi connectivity index (χ3n) is 3.70. The van der Waals surface area contributed by atoms with Crippen LogP contribution in [0.15, 0.2) is 84.0 Å². The Morgan fingerprint density at radius 2 is 1.75 bits per heavy atom. The van der Waals surface area contributed by atoms with Gasteiger partial charge in [-0.05, 0) is 35.4 Å². The van der Waals surface area contributed by atoms with Crippen LogP contribution >= 0.6 is 0 Å². The zero-order valence-electron chi connectivity index (χ0n) is 15.0. The molecule has 0 bridgehead atoms. The largest absolute Gasteiger partial charge is 0.489 e. The molecule has 0 aliphatic carbocycles. The summed E-state index contributed by atoms with van der Waals surface area (Å²) in [6.07, 6.45) is 1.50. The van der Waals surface area contributed by atoms with Crippen molar-refractivity contribution >= 4 is 12.1 Å². The number of nitrogens with one attached hydrogen (secondary N) is 1. The van der Waals surface area contributed by atoms with Crippen molar-refractivity contribution in [2.45, 2.75) is 6.61 Å². The summed E-state index contributed by atoms with van der Waals surface area (Å²) in [4.78, 5) is 11.7. The SMILES string of the molecule is O=C(COc1ccccc1F)N/N=C/c1cccc(OCc2ccccc2)c1. The number of hydrogen-bond donors (Lipinski definition) is 1. The standard InChI is InChI=1S/C22H19FN2O3/c23-20-11-4-5-12-21(20)28-16-22(26)25-24-14-18-9-6-10-19(13-18)27-15-17-7-2-1-3-8-17/h1-14H,15-16H2,(H,25,26)/b24-14+. The molecule has 0 unspecified atom stereocenters. The Morgan fingerprint density at radius 1 is 0.964 bits per heavy atom. The molecule has 0 aromatic heterocycles. The number of halogens is 1. The highest BCUT2D eigenvalue weighted by molar-refractivity contribution is 5.83. The van der Waals surface area contributed by atoms with Gasteiger partial charge in [0.25, 0.3) is 5.91 Å². The van der Waals surface area contributed by atoms with E-state index in [-0.39, 0.29) is 12.4 Å². The highest BCUT2D eigenvalue weighted by Gasteiger charge is 2.05. The van der Waals surface area contributed by atoms with Gasteiger partial charge in [-0.25, -0.2) is 9.82 Å². The summed E-state index contributed by atoms with van der Waals surface area (Å²) < 4.78 is 24.3. The van der Waals surface area contributed by atoms with Gasteiger partial charge in [-0.3, -0.25) is 4.79 Å². The lowest BCUT2D eigenvalue weighted by Crippen LogP contribution is -2.24. The minimum Gasteiger partial charge on any atom is -0.489 e. The molecule has 0 aliphatic heterocycles. The minimum atomic E-state index is -0.522. The van der Waals surface area contributed by atoms with Gasteiger partial charge in [-0.15, -0.1) is 0 Å². The molecular weight excluding hydrogens is 359 g/mol. The van der Waals surface area contributed by atoms with Crippen LogP contribution in [0.1, 0.15) is 11.1 Å². The van der Waals surface area contributed by atoms with Crippen LogP contribution in [0.3, 0.4) is 0 Å². The molecule has 3 aromatic rings. The van der Waals surface area contributed by atoms with E-state index < -0.39 is 11.7 Å². The van der Waals surface area contributed by atoms with Crippen molar-refractivity contribution in [3.05, 3.63) is 95.8 Å². The number of hydrogen-bond acceptors (Lipinski definition) is 4. The van der Waals surface area contributed by atoms with Gasteiger partial charge in [0.15, 0.2) is 18.2 Å². The number of hydrazone groups is 1. The second-order valence-electron chi connectivity index (χ2n) is 5.86. The van der Waals surface area contributed by atoms with E-state index in [0.717, 1.165) is 11.1 Å². The van der Waals surface area contributed by atoms with Crippen molar-refractivity contribution in [3.8, 4) is 11.5 Å². The summed E-state index contributed by atoms with van der Waals surface area (Å²) in [5.41, 5.74) is 4.18. The molecule has 3 aromatic carbocycles. The van der Waals surface area contributed by atoms with Crippen LogP contribution in [0.4, 0.5) is 4.39 Å². The molecule has 0 radical (unpaired) electrons. The minimum absolute atomic E-state index is 0.0184. The van der Waals surface area contributed by atoms with Gasteiger partial charge in [-0.2, -0.15) is 5.10 Å². The Kier molecular flexibility index (Phi) is 6.73. The first-order valence-electron chi connectivity index (χ1n) is 8.67. The lowest BCUT2D eigenvalue weighted by atomic mass is 10.2. The molecule has 28 heavy (non-hydrogen) atoms. The molecule has 0 heterocycles. The Bertz CT molecular complexity index is 945. The monoisotopic (exact) mass is 378 g/mol. The average Bonchev–Trinajstić information content (AvgIpc) is 2.73. The van der Waals surface area contributed by atoms with E-state index in [1.54, 1.807) is 12.1 Å². The van der Waals surface area contributed by atoms with Crippen molar-refractivity contribution in [3.63, 3.8) is 0 Å². The summed E-state index contributed by atoms with van der Waals surface area (Å²) in [7, 11) is 0. The molecule has 0 aliphatic rings. The van der Waals surface area contributed by atoms with Crippen molar-refractivity contribution in [1.29, 1.82) is 0 Å². The van der Waals surface area contributed by atoms with Gasteiger partial charge in [0.05, 0.1) is 6.21 Å². The summed E-state index contributed by atoms with van der Waals surface area (Å²) in [6.45, 7) is 0.129. The third-order valence-corrected chi connectivity index (χ3v) is 3.70. The van der Waals surface area contributed by atoms with Crippen LogP contribution in [0, 0.1) is 5.82 Å². The van der Waals surface area contributed by atoms with E-state index in [0.29, 0.717) is 12.4 Å². The van der Waals surface area contributed by atoms with Crippen molar-refractivity contribution in [2.75, 3.05) is 6.61 Å². The fourth-order valence-corrected chi connectivity index (χ4v) is 2.34. The molecule has 1 amide bonds. The predicted molar refractivity (Wildman–Crippen MR) is 105 cm³/mol. The highest BCUT2D eigenvalue weighted by Crippen LogP contribution is 2.15. The fourth-order valence-electron chi connectivity index (χ4n) is 2.34. The summed E-state index contributed by atoms with van der Waals surface area (Å²) in [6, 6.07) is 23.1. The highest BCUT2D eigenvalue weighted by atomic mass is 19.1. The first-order valence-corrected chi connectivity index (χ1v) is 8.67. The molecule has 0 fully saturated rings. The third kappa shape index (κ3) is 5.95. The van der Waals surface area contributed by atoms with Gasteiger partial charge in [0.1, 0.15) is 12.4 Å². The second-order valence-corrected chi connectivity index (χ2v) is 5.86. The van der Waals surface area contributed by atoms with E-state index in [1.807, 2.05) is 54.6 Å². The Labute approximate surface area is 162 Å². The van der Waals surface area contributed by atoms with Crippen LogP contribution in [0.25, 0.3) is 0 Å². The van der Waals surface area contributed by atoms with Gasteiger partial charge in [0, 0.05) is 0 Å². The number of para-hydroxylation sites is 1. The molecule has 3 rings (SSSR count). The lowest BCUT2D eigenvalue weighted by molar-refractivity contribution is -0.123. The quantitative estimate of drug-likeness (QED) is 0.477. The van der Waals surface area contributed by atoms with E-state index in [2.05, 4.69) is 10.5 Å². The number of benzene rings is 3. The Balaban J connectivity index is 1.47. The lowest BCUT2D eigenvalue weighted by Gasteiger charge is -2.07. The molecule has 0 saturated carbocycles. The fraction of sp³-hybridized carbons (Fsp3) is 0.0909. The van der Waals surface area contributed by atoms with Crippen LogP contribution < -0.4 is 14.9 Å². The van der Waals surface area contributed by atoms with Crippen molar-refractivity contribution in [2.24, 2.45) is 5.10 Å². The van der Waals surface area contributed by atoms with Gasteiger partial charge in [0.2, 0.25) is 0 Å². The normalized spacial score (nSPS) is 10.6. The van der Waals surface area contributed by atoms with Gasteiger partial charge >= 0.3 is 0 Å². The Morgan fingerprint density at radius 3 is 2.57 bits per heavy atom. The molecule has 0 saturated heterocycles. The maximum atomic E-state index is 13.4. The number of nitrogens with zero attached hydrogens (tertiary/aromatic N) is 1. The predicted octanol–water partition coefficient (Wildman–Crippen LogP) is 3.93. The summed E-state index contributed by atoms with van der Waals surface area (Å²) in [5.74, 6) is -0.297. The molecule has 1 N–H and O–H groups in total. The molecule has 0 spiro atoms. The number of carbonyl (C=O) groups is 1. The number of ether oxygens (including phenoxy) is 2. The van der Waals surface area contributed by atoms with Crippen LogP contribution in [0.2, 0.25) is 0 Å². The van der Waals surface area contributed by atoms with Gasteiger partial charge in [-0.1, -0.05) is 54.6 Å². The topological polar surface area (TPSA) is 59.9 Å². The molecular formula is C22H19FN2O3. The van der Waals surface area contributed by atoms with E-state index in [9.17, 15) is 9.18 Å². The molecule has 0 atom stereocenters. The average molecular weight is 378 g/mol. The molecule has 5 nitrogen and oxygen atoms in total. The number of rotatable bonds is 8. The summed E-state index contributed by atoms with van der Waals surface area (Å²) in [5, 5.41) is 3.88. The second kappa shape index (κ2) is 9.87. The smallest absolute Gasteiger partial charge is 0.277 e. The van der Waals surface area contributed by atoms with E-state index >= 15 is 0 Å². The number of amides is 1. The number of carbonyl (C=O) groups excluding carboxylic acids is 1. The van der Waals surface area contributed by atoms with Crippen molar-refractivity contribution < 1.29 is 18.7 Å². The van der Waals surface area contributed by atoms with E-state index in [1.165, 1.54) is 18.3 Å². The molecule has 6 heteroatoms. The zero-order chi connectivity index (χ0) is 19.6. The van der Waals surface area contributed by atoms with Gasteiger partial charge < -0.3 is 9.47 Å². The Hall–Kier alpha value is -3.67.